The van der Waals surface area contributed by atoms with E-state index in [0.717, 1.165) is 5.52 Å². The Morgan fingerprint density at radius 3 is 2.84 bits per heavy atom. The molecule has 0 N–H and O–H groups in total. The van der Waals surface area contributed by atoms with Gasteiger partial charge in [-0.05, 0) is 32.9 Å². The van der Waals surface area contributed by atoms with Crippen molar-refractivity contribution in [3.05, 3.63) is 29.8 Å². The first-order chi connectivity index (χ1) is 9.02. The SMILES string of the molecule is CCOC(=O)Cc1nc2cc(F)ccc2n1C(C)C. The van der Waals surface area contributed by atoms with Crippen LogP contribution in [0.15, 0.2) is 18.2 Å². The molecule has 0 saturated carbocycles. The van der Waals surface area contributed by atoms with Crippen molar-refractivity contribution in [3.8, 4) is 0 Å². The zero-order chi connectivity index (χ0) is 14.0. The van der Waals surface area contributed by atoms with E-state index in [2.05, 4.69) is 4.98 Å². The summed E-state index contributed by atoms with van der Waals surface area (Å²) in [5.74, 6) is -0.0437. The number of imidazole rings is 1. The zero-order valence-electron chi connectivity index (χ0n) is 11.3. The van der Waals surface area contributed by atoms with E-state index in [1.165, 1.54) is 12.1 Å². The van der Waals surface area contributed by atoms with Gasteiger partial charge in [0.15, 0.2) is 0 Å². The molecular weight excluding hydrogens is 247 g/mol. The van der Waals surface area contributed by atoms with Crippen molar-refractivity contribution in [2.45, 2.75) is 33.2 Å². The number of ether oxygens (including phenoxy) is 1. The molecule has 0 atom stereocenters. The number of carbonyl (C=O) groups is 1. The van der Waals surface area contributed by atoms with Gasteiger partial charge < -0.3 is 9.30 Å². The van der Waals surface area contributed by atoms with E-state index in [9.17, 15) is 9.18 Å². The third-order valence-electron chi connectivity index (χ3n) is 2.85. The van der Waals surface area contributed by atoms with Gasteiger partial charge >= 0.3 is 5.97 Å². The van der Waals surface area contributed by atoms with Crippen molar-refractivity contribution in [2.75, 3.05) is 6.61 Å². The first-order valence-electron chi connectivity index (χ1n) is 6.35. The summed E-state index contributed by atoms with van der Waals surface area (Å²) in [4.78, 5) is 15.9. The van der Waals surface area contributed by atoms with Gasteiger partial charge in [-0.25, -0.2) is 9.37 Å². The minimum absolute atomic E-state index is 0.0995. The van der Waals surface area contributed by atoms with Crippen LogP contribution in [0.1, 0.15) is 32.6 Å². The van der Waals surface area contributed by atoms with Gasteiger partial charge in [0, 0.05) is 12.1 Å². The summed E-state index contributed by atoms with van der Waals surface area (Å²) in [6, 6.07) is 4.60. The molecule has 0 bridgehead atoms. The molecule has 0 radical (unpaired) electrons. The number of benzene rings is 1. The fourth-order valence-electron chi connectivity index (χ4n) is 2.16. The van der Waals surface area contributed by atoms with Crippen LogP contribution in [0.3, 0.4) is 0 Å². The average Bonchev–Trinajstić information content (AvgIpc) is 2.65. The van der Waals surface area contributed by atoms with Gasteiger partial charge in [-0.3, -0.25) is 4.79 Å². The number of aromatic nitrogens is 2. The summed E-state index contributed by atoms with van der Waals surface area (Å²) >= 11 is 0. The highest BCUT2D eigenvalue weighted by molar-refractivity contribution is 5.78. The van der Waals surface area contributed by atoms with Crippen molar-refractivity contribution >= 4 is 17.0 Å². The van der Waals surface area contributed by atoms with E-state index in [0.29, 0.717) is 17.9 Å². The van der Waals surface area contributed by atoms with E-state index in [1.807, 2.05) is 18.4 Å². The van der Waals surface area contributed by atoms with Gasteiger partial charge in [0.2, 0.25) is 0 Å². The lowest BCUT2D eigenvalue weighted by molar-refractivity contribution is -0.142. The van der Waals surface area contributed by atoms with Crippen molar-refractivity contribution in [3.63, 3.8) is 0 Å². The normalized spacial score (nSPS) is 11.2. The summed E-state index contributed by atoms with van der Waals surface area (Å²) in [6.45, 7) is 6.10. The highest BCUT2D eigenvalue weighted by atomic mass is 19.1. The van der Waals surface area contributed by atoms with Crippen molar-refractivity contribution < 1.29 is 13.9 Å². The number of rotatable bonds is 4. The third kappa shape index (κ3) is 2.75. The fourth-order valence-corrected chi connectivity index (χ4v) is 2.16. The molecule has 0 aliphatic heterocycles. The van der Waals surface area contributed by atoms with Crippen molar-refractivity contribution in [1.82, 2.24) is 9.55 Å². The van der Waals surface area contributed by atoms with Crippen LogP contribution in [-0.4, -0.2) is 22.1 Å². The maximum Gasteiger partial charge on any atom is 0.313 e. The van der Waals surface area contributed by atoms with Gasteiger partial charge in [0.05, 0.1) is 17.6 Å². The number of esters is 1. The zero-order valence-corrected chi connectivity index (χ0v) is 11.3. The van der Waals surface area contributed by atoms with Crippen LogP contribution < -0.4 is 0 Å². The minimum atomic E-state index is -0.330. The standard InChI is InChI=1S/C14H17FN2O2/c1-4-19-14(18)8-13-16-11-7-10(15)5-6-12(11)17(13)9(2)3/h5-7,9H,4,8H2,1-3H3. The Morgan fingerprint density at radius 2 is 2.21 bits per heavy atom. The molecular formula is C14H17FN2O2. The average molecular weight is 264 g/mol. The predicted octanol–water partition coefficient (Wildman–Crippen LogP) is 2.86. The maximum absolute atomic E-state index is 13.2. The molecule has 4 nitrogen and oxygen atoms in total. The largest absolute Gasteiger partial charge is 0.466 e. The number of carbonyl (C=O) groups excluding carboxylic acids is 1. The molecule has 0 spiro atoms. The number of hydrogen-bond donors (Lipinski definition) is 0. The molecule has 0 saturated heterocycles. The van der Waals surface area contributed by atoms with Crippen LogP contribution in [0.4, 0.5) is 4.39 Å². The Hall–Kier alpha value is -1.91. The Labute approximate surface area is 111 Å². The predicted molar refractivity (Wildman–Crippen MR) is 70.4 cm³/mol. The molecule has 1 heterocycles. The van der Waals surface area contributed by atoms with Gasteiger partial charge in [0.1, 0.15) is 18.1 Å². The molecule has 5 heteroatoms. The molecule has 0 fully saturated rings. The lowest BCUT2D eigenvalue weighted by Gasteiger charge is -2.12. The smallest absolute Gasteiger partial charge is 0.313 e. The van der Waals surface area contributed by atoms with Crippen molar-refractivity contribution in [1.29, 1.82) is 0 Å². The molecule has 0 amide bonds. The summed E-state index contributed by atoms with van der Waals surface area (Å²) in [6.07, 6.45) is 0.0995. The molecule has 1 aromatic carbocycles. The first-order valence-corrected chi connectivity index (χ1v) is 6.35. The van der Waals surface area contributed by atoms with Crippen molar-refractivity contribution in [2.24, 2.45) is 0 Å². The second kappa shape index (κ2) is 5.38. The monoisotopic (exact) mass is 264 g/mol. The summed E-state index contributed by atoms with van der Waals surface area (Å²) < 4.78 is 20.1. The van der Waals surface area contributed by atoms with Crippen LogP contribution in [0, 0.1) is 5.82 Å². The molecule has 102 valence electrons. The van der Waals surface area contributed by atoms with Gasteiger partial charge in [-0.15, -0.1) is 0 Å². The van der Waals surface area contributed by atoms with Gasteiger partial charge in [-0.1, -0.05) is 0 Å². The third-order valence-corrected chi connectivity index (χ3v) is 2.85. The number of nitrogens with zero attached hydrogens (tertiary/aromatic N) is 2. The Morgan fingerprint density at radius 1 is 1.47 bits per heavy atom. The molecule has 0 aliphatic carbocycles. The number of fused-ring (bicyclic) bond motifs is 1. The molecule has 2 rings (SSSR count). The van der Waals surface area contributed by atoms with Gasteiger partial charge in [-0.2, -0.15) is 0 Å². The number of hydrogen-bond acceptors (Lipinski definition) is 3. The highest BCUT2D eigenvalue weighted by Crippen LogP contribution is 2.22. The first kappa shape index (κ1) is 13.5. The van der Waals surface area contributed by atoms with Crippen LogP contribution in [0.5, 0.6) is 0 Å². The maximum atomic E-state index is 13.2. The Balaban J connectivity index is 2.47. The van der Waals surface area contributed by atoms with E-state index in [1.54, 1.807) is 13.0 Å². The summed E-state index contributed by atoms with van der Waals surface area (Å²) in [5.41, 5.74) is 1.39. The second-order valence-electron chi connectivity index (χ2n) is 4.61. The molecule has 2 aromatic rings. The molecule has 0 unspecified atom stereocenters. The summed E-state index contributed by atoms with van der Waals surface area (Å²) in [5, 5.41) is 0. The van der Waals surface area contributed by atoms with Crippen LogP contribution in [-0.2, 0) is 16.0 Å². The molecule has 19 heavy (non-hydrogen) atoms. The molecule has 1 aromatic heterocycles. The minimum Gasteiger partial charge on any atom is -0.466 e. The molecule has 0 aliphatic rings. The second-order valence-corrected chi connectivity index (χ2v) is 4.61. The Kier molecular flexibility index (Phi) is 3.83. The van der Waals surface area contributed by atoms with E-state index >= 15 is 0 Å². The summed E-state index contributed by atoms with van der Waals surface area (Å²) in [7, 11) is 0. The van der Waals surface area contributed by atoms with Crippen LogP contribution in [0.2, 0.25) is 0 Å². The topological polar surface area (TPSA) is 44.1 Å². The van der Waals surface area contributed by atoms with E-state index in [-0.39, 0.29) is 24.2 Å². The van der Waals surface area contributed by atoms with E-state index in [4.69, 9.17) is 4.74 Å². The van der Waals surface area contributed by atoms with E-state index < -0.39 is 0 Å². The highest BCUT2D eigenvalue weighted by Gasteiger charge is 2.16. The quantitative estimate of drug-likeness (QED) is 0.797. The lowest BCUT2D eigenvalue weighted by atomic mass is 10.3. The number of halogens is 1. The van der Waals surface area contributed by atoms with Crippen LogP contribution >= 0.6 is 0 Å². The lowest BCUT2D eigenvalue weighted by Crippen LogP contribution is -2.14. The Bertz CT molecular complexity index is 605. The van der Waals surface area contributed by atoms with Crippen LogP contribution in [0.25, 0.3) is 11.0 Å². The fraction of sp³-hybridized carbons (Fsp3) is 0.429. The van der Waals surface area contributed by atoms with Gasteiger partial charge in [0.25, 0.3) is 0 Å².